The highest BCUT2D eigenvalue weighted by molar-refractivity contribution is 5.39. The maximum Gasteiger partial charge on any atom is 0.0314 e. The largest absolute Gasteiger partial charge is 0.399 e. The van der Waals surface area contributed by atoms with Crippen LogP contribution in [0.4, 0.5) is 5.69 Å². The maximum atomic E-state index is 5.81. The van der Waals surface area contributed by atoms with Crippen molar-refractivity contribution < 1.29 is 0 Å². The van der Waals surface area contributed by atoms with Crippen LogP contribution in [0.5, 0.6) is 0 Å². The lowest BCUT2D eigenvalue weighted by Gasteiger charge is -2.08. The first kappa shape index (κ1) is 9.07. The van der Waals surface area contributed by atoms with Gasteiger partial charge in [-0.2, -0.15) is 0 Å². The van der Waals surface area contributed by atoms with Crippen LogP contribution in [0.3, 0.4) is 0 Å². The molecule has 0 fully saturated rings. The number of nitrogen functional groups attached to an aromatic ring is 1. The van der Waals surface area contributed by atoms with E-state index in [-0.39, 0.29) is 6.04 Å². The Hall–Kier alpha value is -1.02. The quantitative estimate of drug-likeness (QED) is 0.666. The zero-order valence-corrected chi connectivity index (χ0v) is 7.46. The summed E-state index contributed by atoms with van der Waals surface area (Å²) in [5, 5.41) is 0. The summed E-state index contributed by atoms with van der Waals surface area (Å²) in [5.41, 5.74) is 13.4. The Morgan fingerprint density at radius 3 is 2.33 bits per heavy atom. The SMILES string of the molecule is CC[C@@H](N)Cc1ccc(N)cc1. The topological polar surface area (TPSA) is 52.0 Å². The van der Waals surface area contributed by atoms with Crippen molar-refractivity contribution in [3.05, 3.63) is 29.8 Å². The van der Waals surface area contributed by atoms with E-state index in [2.05, 4.69) is 6.92 Å². The van der Waals surface area contributed by atoms with Crippen molar-refractivity contribution in [1.82, 2.24) is 0 Å². The number of benzene rings is 1. The number of anilines is 1. The number of nitrogens with two attached hydrogens (primary N) is 2. The Balaban J connectivity index is 2.58. The Labute approximate surface area is 73.6 Å². The molecule has 0 aliphatic heterocycles. The summed E-state index contributed by atoms with van der Waals surface area (Å²) in [6.45, 7) is 2.10. The molecule has 0 aromatic heterocycles. The molecule has 2 nitrogen and oxygen atoms in total. The van der Waals surface area contributed by atoms with Gasteiger partial charge in [0.1, 0.15) is 0 Å². The predicted molar refractivity (Wildman–Crippen MR) is 52.8 cm³/mol. The molecular formula is C10H16N2. The third kappa shape index (κ3) is 2.55. The zero-order chi connectivity index (χ0) is 8.97. The molecule has 1 aromatic rings. The molecule has 1 aromatic carbocycles. The van der Waals surface area contributed by atoms with Gasteiger partial charge >= 0.3 is 0 Å². The smallest absolute Gasteiger partial charge is 0.0314 e. The van der Waals surface area contributed by atoms with Crippen molar-refractivity contribution in [2.45, 2.75) is 25.8 Å². The van der Waals surface area contributed by atoms with Gasteiger partial charge in [-0.1, -0.05) is 19.1 Å². The van der Waals surface area contributed by atoms with Crippen LogP contribution in [-0.4, -0.2) is 6.04 Å². The van der Waals surface area contributed by atoms with Crippen LogP contribution in [0.1, 0.15) is 18.9 Å². The third-order valence-electron chi connectivity index (χ3n) is 2.00. The average Bonchev–Trinajstić information content (AvgIpc) is 2.09. The second kappa shape index (κ2) is 4.12. The van der Waals surface area contributed by atoms with Crippen LogP contribution in [0.25, 0.3) is 0 Å². The fraction of sp³-hybridized carbons (Fsp3) is 0.400. The molecule has 0 radical (unpaired) electrons. The van der Waals surface area contributed by atoms with Crippen LogP contribution in [-0.2, 0) is 6.42 Å². The second-order valence-electron chi connectivity index (χ2n) is 3.11. The summed E-state index contributed by atoms with van der Waals surface area (Å²) in [6.07, 6.45) is 1.96. The molecule has 0 saturated heterocycles. The standard InChI is InChI=1S/C10H16N2/c1-2-9(11)7-8-3-5-10(12)6-4-8/h3-6,9H,2,7,11-12H2,1H3/t9-/m1/s1. The van der Waals surface area contributed by atoms with Crippen molar-refractivity contribution in [3.63, 3.8) is 0 Å². The highest BCUT2D eigenvalue weighted by Crippen LogP contribution is 2.07. The summed E-state index contributed by atoms with van der Waals surface area (Å²) in [5.74, 6) is 0. The van der Waals surface area contributed by atoms with Gasteiger partial charge in [0.05, 0.1) is 0 Å². The minimum atomic E-state index is 0.272. The van der Waals surface area contributed by atoms with E-state index in [4.69, 9.17) is 11.5 Å². The summed E-state index contributed by atoms with van der Waals surface area (Å²) in [4.78, 5) is 0. The van der Waals surface area contributed by atoms with Gasteiger partial charge in [-0.3, -0.25) is 0 Å². The van der Waals surface area contributed by atoms with Crippen molar-refractivity contribution in [2.75, 3.05) is 5.73 Å². The molecule has 12 heavy (non-hydrogen) atoms. The van der Waals surface area contributed by atoms with Gasteiger partial charge in [0, 0.05) is 11.7 Å². The van der Waals surface area contributed by atoms with E-state index in [9.17, 15) is 0 Å². The van der Waals surface area contributed by atoms with E-state index in [0.29, 0.717) is 0 Å². The predicted octanol–water partition coefficient (Wildman–Crippen LogP) is 1.55. The van der Waals surface area contributed by atoms with E-state index in [1.165, 1.54) is 5.56 Å². The van der Waals surface area contributed by atoms with Crippen molar-refractivity contribution in [1.29, 1.82) is 0 Å². The van der Waals surface area contributed by atoms with E-state index >= 15 is 0 Å². The van der Waals surface area contributed by atoms with Gasteiger partial charge in [0.15, 0.2) is 0 Å². The highest BCUT2D eigenvalue weighted by Gasteiger charge is 1.99. The first-order chi connectivity index (χ1) is 5.72. The molecule has 1 rings (SSSR count). The fourth-order valence-corrected chi connectivity index (χ4v) is 1.10. The Morgan fingerprint density at radius 2 is 1.83 bits per heavy atom. The molecule has 0 spiro atoms. The molecular weight excluding hydrogens is 148 g/mol. The Kier molecular flexibility index (Phi) is 3.11. The molecule has 0 bridgehead atoms. The van der Waals surface area contributed by atoms with E-state index in [1.54, 1.807) is 0 Å². The van der Waals surface area contributed by atoms with Gasteiger partial charge in [0.2, 0.25) is 0 Å². The molecule has 1 atom stereocenters. The Morgan fingerprint density at radius 1 is 1.25 bits per heavy atom. The summed E-state index contributed by atoms with van der Waals surface area (Å²) >= 11 is 0. The maximum absolute atomic E-state index is 5.81. The van der Waals surface area contributed by atoms with Crippen LogP contribution in [0.15, 0.2) is 24.3 Å². The normalized spacial score (nSPS) is 12.8. The average molecular weight is 164 g/mol. The molecule has 0 aliphatic rings. The van der Waals surface area contributed by atoms with E-state index < -0.39 is 0 Å². The van der Waals surface area contributed by atoms with Gasteiger partial charge in [0.25, 0.3) is 0 Å². The van der Waals surface area contributed by atoms with Crippen LogP contribution >= 0.6 is 0 Å². The van der Waals surface area contributed by atoms with Gasteiger partial charge in [-0.05, 0) is 30.5 Å². The fourth-order valence-electron chi connectivity index (χ4n) is 1.10. The first-order valence-electron chi connectivity index (χ1n) is 4.32. The number of hydrogen-bond donors (Lipinski definition) is 2. The molecule has 0 aliphatic carbocycles. The van der Waals surface area contributed by atoms with Gasteiger partial charge < -0.3 is 11.5 Å². The van der Waals surface area contributed by atoms with Gasteiger partial charge in [-0.25, -0.2) is 0 Å². The van der Waals surface area contributed by atoms with Crippen molar-refractivity contribution >= 4 is 5.69 Å². The number of hydrogen-bond acceptors (Lipinski definition) is 2. The number of rotatable bonds is 3. The third-order valence-corrected chi connectivity index (χ3v) is 2.00. The van der Waals surface area contributed by atoms with Crippen LogP contribution in [0.2, 0.25) is 0 Å². The van der Waals surface area contributed by atoms with Crippen LogP contribution in [0, 0.1) is 0 Å². The molecule has 0 heterocycles. The van der Waals surface area contributed by atoms with Crippen molar-refractivity contribution in [3.8, 4) is 0 Å². The molecule has 2 heteroatoms. The molecule has 66 valence electrons. The summed E-state index contributed by atoms with van der Waals surface area (Å²) < 4.78 is 0. The lowest BCUT2D eigenvalue weighted by atomic mass is 10.0. The highest BCUT2D eigenvalue weighted by atomic mass is 14.6. The second-order valence-corrected chi connectivity index (χ2v) is 3.11. The van der Waals surface area contributed by atoms with E-state index in [1.807, 2.05) is 24.3 Å². The molecule has 0 saturated carbocycles. The summed E-state index contributed by atoms with van der Waals surface area (Å²) in [7, 11) is 0. The van der Waals surface area contributed by atoms with E-state index in [0.717, 1.165) is 18.5 Å². The molecule has 0 unspecified atom stereocenters. The summed E-state index contributed by atoms with van der Waals surface area (Å²) in [6, 6.07) is 8.17. The first-order valence-corrected chi connectivity index (χ1v) is 4.32. The van der Waals surface area contributed by atoms with Crippen molar-refractivity contribution in [2.24, 2.45) is 5.73 Å². The van der Waals surface area contributed by atoms with Gasteiger partial charge in [-0.15, -0.1) is 0 Å². The minimum Gasteiger partial charge on any atom is -0.399 e. The lowest BCUT2D eigenvalue weighted by molar-refractivity contribution is 0.646. The molecule has 0 amide bonds. The lowest BCUT2D eigenvalue weighted by Crippen LogP contribution is -2.21. The zero-order valence-electron chi connectivity index (χ0n) is 7.46. The minimum absolute atomic E-state index is 0.272. The monoisotopic (exact) mass is 164 g/mol. The van der Waals surface area contributed by atoms with Crippen LogP contribution < -0.4 is 11.5 Å². The Bertz CT molecular complexity index is 228. The molecule has 4 N–H and O–H groups in total.